The van der Waals surface area contributed by atoms with Gasteiger partial charge < -0.3 is 10.6 Å². The van der Waals surface area contributed by atoms with Crippen LogP contribution in [0.25, 0.3) is 6.08 Å². The van der Waals surface area contributed by atoms with Gasteiger partial charge in [-0.05, 0) is 61.0 Å². The van der Waals surface area contributed by atoms with E-state index >= 15 is 0 Å². The predicted molar refractivity (Wildman–Crippen MR) is 110 cm³/mol. The van der Waals surface area contributed by atoms with E-state index in [-0.39, 0.29) is 17.6 Å². The van der Waals surface area contributed by atoms with Crippen LogP contribution < -0.4 is 10.6 Å². The summed E-state index contributed by atoms with van der Waals surface area (Å²) in [7, 11) is 0. The molecule has 0 aromatic heterocycles. The molecule has 0 aliphatic carbocycles. The lowest BCUT2D eigenvalue weighted by atomic mass is 10.1. The van der Waals surface area contributed by atoms with Gasteiger partial charge in [0.2, 0.25) is 5.91 Å². The lowest BCUT2D eigenvalue weighted by molar-refractivity contribution is -0.111. The second-order valence-electron chi connectivity index (χ2n) is 6.28. The van der Waals surface area contributed by atoms with Gasteiger partial charge in [-0.1, -0.05) is 35.9 Å². The fourth-order valence-electron chi connectivity index (χ4n) is 2.51. The van der Waals surface area contributed by atoms with E-state index in [0.717, 1.165) is 11.1 Å². The zero-order valence-electron chi connectivity index (χ0n) is 15.3. The molecule has 0 saturated carbocycles. The second-order valence-corrected chi connectivity index (χ2v) is 6.28. The molecule has 3 aromatic rings. The zero-order chi connectivity index (χ0) is 19.9. The Balaban J connectivity index is 1.63. The van der Waals surface area contributed by atoms with Crippen LogP contribution >= 0.6 is 0 Å². The van der Waals surface area contributed by atoms with Crippen molar-refractivity contribution in [2.45, 2.75) is 6.92 Å². The molecule has 0 unspecified atom stereocenters. The van der Waals surface area contributed by atoms with Gasteiger partial charge in [0, 0.05) is 23.0 Å². The lowest BCUT2D eigenvalue weighted by Gasteiger charge is -2.07. The van der Waals surface area contributed by atoms with Gasteiger partial charge in [0.05, 0.1) is 0 Å². The Morgan fingerprint density at radius 3 is 2.29 bits per heavy atom. The molecule has 3 rings (SSSR count). The average Bonchev–Trinajstić information content (AvgIpc) is 2.69. The highest BCUT2D eigenvalue weighted by molar-refractivity contribution is 6.06. The number of rotatable bonds is 5. The molecule has 5 heteroatoms. The van der Waals surface area contributed by atoms with Gasteiger partial charge in [0.15, 0.2) is 0 Å². The first-order valence-corrected chi connectivity index (χ1v) is 8.72. The SMILES string of the molecule is Cc1ccc(/C=C/C(=O)Nc2cccc(C(=O)Nc3ccc(F)cc3)c2)cc1. The number of carbonyl (C=O) groups is 2. The molecule has 0 aliphatic heterocycles. The fraction of sp³-hybridized carbons (Fsp3) is 0.0435. The van der Waals surface area contributed by atoms with Crippen LogP contribution in [0, 0.1) is 12.7 Å². The van der Waals surface area contributed by atoms with E-state index < -0.39 is 0 Å². The number of benzene rings is 3. The van der Waals surface area contributed by atoms with E-state index in [1.807, 2.05) is 31.2 Å². The highest BCUT2D eigenvalue weighted by Crippen LogP contribution is 2.14. The Kier molecular flexibility index (Phi) is 5.97. The maximum atomic E-state index is 13.0. The van der Waals surface area contributed by atoms with Crippen molar-refractivity contribution in [2.24, 2.45) is 0 Å². The number of amides is 2. The summed E-state index contributed by atoms with van der Waals surface area (Å²) in [6.07, 6.45) is 3.16. The largest absolute Gasteiger partial charge is 0.322 e. The summed E-state index contributed by atoms with van der Waals surface area (Å²) in [5, 5.41) is 5.42. The fourth-order valence-corrected chi connectivity index (χ4v) is 2.51. The van der Waals surface area contributed by atoms with E-state index in [2.05, 4.69) is 10.6 Å². The quantitative estimate of drug-likeness (QED) is 0.615. The van der Waals surface area contributed by atoms with E-state index in [4.69, 9.17) is 0 Å². The molecule has 0 radical (unpaired) electrons. The summed E-state index contributed by atoms with van der Waals surface area (Å²) >= 11 is 0. The highest BCUT2D eigenvalue weighted by Gasteiger charge is 2.08. The van der Waals surface area contributed by atoms with E-state index in [0.29, 0.717) is 16.9 Å². The molecule has 140 valence electrons. The topological polar surface area (TPSA) is 58.2 Å². The summed E-state index contributed by atoms with van der Waals surface area (Å²) in [4.78, 5) is 24.5. The molecule has 3 aromatic carbocycles. The van der Waals surface area contributed by atoms with Crippen LogP contribution in [0.5, 0.6) is 0 Å². The maximum absolute atomic E-state index is 13.0. The molecule has 0 fully saturated rings. The molecule has 28 heavy (non-hydrogen) atoms. The number of halogens is 1. The van der Waals surface area contributed by atoms with E-state index in [9.17, 15) is 14.0 Å². The number of carbonyl (C=O) groups excluding carboxylic acids is 2. The molecule has 0 atom stereocenters. The molecule has 0 spiro atoms. The van der Waals surface area contributed by atoms with Crippen molar-refractivity contribution in [1.29, 1.82) is 0 Å². The normalized spacial score (nSPS) is 10.6. The van der Waals surface area contributed by atoms with Crippen LogP contribution in [0.2, 0.25) is 0 Å². The van der Waals surface area contributed by atoms with Gasteiger partial charge in [-0.25, -0.2) is 4.39 Å². The van der Waals surface area contributed by atoms with Crippen molar-refractivity contribution in [3.05, 3.63) is 101 Å². The minimum atomic E-state index is -0.374. The molecule has 0 bridgehead atoms. The first kappa shape index (κ1) is 19.0. The Hall–Kier alpha value is -3.73. The molecule has 0 heterocycles. The minimum absolute atomic E-state index is 0.295. The predicted octanol–water partition coefficient (Wildman–Crippen LogP) is 5.04. The molecular weight excluding hydrogens is 355 g/mol. The van der Waals surface area contributed by atoms with Gasteiger partial charge >= 0.3 is 0 Å². The smallest absolute Gasteiger partial charge is 0.255 e. The van der Waals surface area contributed by atoms with Crippen LogP contribution in [0.3, 0.4) is 0 Å². The molecule has 0 saturated heterocycles. The van der Waals surface area contributed by atoms with Crippen molar-refractivity contribution < 1.29 is 14.0 Å². The van der Waals surface area contributed by atoms with E-state index in [1.54, 1.807) is 30.3 Å². The van der Waals surface area contributed by atoms with Crippen molar-refractivity contribution in [3.63, 3.8) is 0 Å². The Morgan fingerprint density at radius 2 is 1.57 bits per heavy atom. The molecule has 2 amide bonds. The van der Waals surface area contributed by atoms with Crippen LogP contribution in [0.4, 0.5) is 15.8 Å². The van der Waals surface area contributed by atoms with E-state index in [1.165, 1.54) is 30.3 Å². The highest BCUT2D eigenvalue weighted by atomic mass is 19.1. The Labute approximate surface area is 162 Å². The first-order chi connectivity index (χ1) is 13.5. The van der Waals surface area contributed by atoms with Crippen LogP contribution in [0.1, 0.15) is 21.5 Å². The first-order valence-electron chi connectivity index (χ1n) is 8.72. The molecular formula is C23H19FN2O2. The monoisotopic (exact) mass is 374 g/mol. The number of hydrogen-bond donors (Lipinski definition) is 2. The summed E-state index contributed by atoms with van der Waals surface area (Å²) < 4.78 is 13.0. The van der Waals surface area contributed by atoms with Crippen LogP contribution in [-0.2, 0) is 4.79 Å². The third-order valence-electron chi connectivity index (χ3n) is 4.00. The standard InChI is InChI=1S/C23H19FN2O2/c1-16-5-7-17(8-6-16)9-14-22(27)25-21-4-2-3-18(15-21)23(28)26-20-12-10-19(24)11-13-20/h2-15H,1H3,(H,25,27)(H,26,28)/b14-9+. The minimum Gasteiger partial charge on any atom is -0.322 e. The number of anilines is 2. The van der Waals surface area contributed by atoms with Gasteiger partial charge in [0.1, 0.15) is 5.82 Å². The number of hydrogen-bond acceptors (Lipinski definition) is 2. The zero-order valence-corrected chi connectivity index (χ0v) is 15.3. The summed E-state index contributed by atoms with van der Waals surface area (Å²) in [5.41, 5.74) is 3.45. The second kappa shape index (κ2) is 8.77. The van der Waals surface area contributed by atoms with Crippen LogP contribution in [0.15, 0.2) is 78.9 Å². The Bertz CT molecular complexity index is 1010. The lowest BCUT2D eigenvalue weighted by Crippen LogP contribution is -2.13. The maximum Gasteiger partial charge on any atom is 0.255 e. The molecule has 4 nitrogen and oxygen atoms in total. The van der Waals surface area contributed by atoms with Gasteiger partial charge in [-0.3, -0.25) is 9.59 Å². The Morgan fingerprint density at radius 1 is 0.857 bits per heavy atom. The molecule has 2 N–H and O–H groups in total. The van der Waals surface area contributed by atoms with Crippen molar-refractivity contribution >= 4 is 29.3 Å². The number of aryl methyl sites for hydroxylation is 1. The summed E-state index contributed by atoms with van der Waals surface area (Å²) in [6.45, 7) is 2.00. The third-order valence-corrected chi connectivity index (χ3v) is 4.00. The van der Waals surface area contributed by atoms with Gasteiger partial charge in [-0.2, -0.15) is 0 Å². The third kappa shape index (κ3) is 5.38. The van der Waals surface area contributed by atoms with Crippen LogP contribution in [-0.4, -0.2) is 11.8 Å². The molecule has 0 aliphatic rings. The van der Waals surface area contributed by atoms with Crippen molar-refractivity contribution in [1.82, 2.24) is 0 Å². The summed E-state index contributed by atoms with van der Waals surface area (Å²) in [6, 6.07) is 19.9. The average molecular weight is 374 g/mol. The summed E-state index contributed by atoms with van der Waals surface area (Å²) in [5.74, 6) is -1.02. The van der Waals surface area contributed by atoms with Gasteiger partial charge in [-0.15, -0.1) is 0 Å². The van der Waals surface area contributed by atoms with Crippen molar-refractivity contribution in [2.75, 3.05) is 10.6 Å². The number of nitrogens with one attached hydrogen (secondary N) is 2. The van der Waals surface area contributed by atoms with Gasteiger partial charge in [0.25, 0.3) is 5.91 Å². The van der Waals surface area contributed by atoms with Crippen molar-refractivity contribution in [3.8, 4) is 0 Å².